The van der Waals surface area contributed by atoms with Crippen LogP contribution < -0.4 is 5.32 Å². The molecule has 2 atom stereocenters. The van der Waals surface area contributed by atoms with Crippen LogP contribution in [0.4, 0.5) is 13.2 Å². The van der Waals surface area contributed by atoms with Gasteiger partial charge in [-0.2, -0.15) is 18.2 Å². The van der Waals surface area contributed by atoms with Crippen LogP contribution in [-0.4, -0.2) is 23.2 Å². The van der Waals surface area contributed by atoms with E-state index in [1.807, 2.05) is 0 Å². The van der Waals surface area contributed by atoms with E-state index in [-0.39, 0.29) is 11.2 Å². The fourth-order valence-corrected chi connectivity index (χ4v) is 2.23. The van der Waals surface area contributed by atoms with Gasteiger partial charge < -0.3 is 9.84 Å². The Bertz CT molecular complexity index is 402. The Kier molecular flexibility index (Phi) is 1.54. The number of halogens is 3. The van der Waals surface area contributed by atoms with E-state index in [2.05, 4.69) is 20.0 Å². The third-order valence-electron chi connectivity index (χ3n) is 3.18. The average Bonchev–Trinajstić information content (AvgIpc) is 2.63. The second kappa shape index (κ2) is 2.52. The maximum absolute atomic E-state index is 12.2. The van der Waals surface area contributed by atoms with Crippen molar-refractivity contribution in [3.8, 4) is 0 Å². The smallest absolute Gasteiger partial charge is 0.329 e. The van der Waals surface area contributed by atoms with Gasteiger partial charge in [0.05, 0.1) is 5.41 Å². The fourth-order valence-electron chi connectivity index (χ4n) is 2.23. The van der Waals surface area contributed by atoms with E-state index in [4.69, 9.17) is 0 Å². The predicted molar refractivity (Wildman–Crippen MR) is 42.0 cm³/mol. The van der Waals surface area contributed by atoms with E-state index in [0.29, 0.717) is 12.5 Å². The lowest BCUT2D eigenvalue weighted by Crippen LogP contribution is -2.20. The molecule has 0 radical (unpaired) electrons. The molecular weight excluding hydrogens is 211 g/mol. The predicted octanol–water partition coefficient (Wildman–Crippen LogP) is 0.949. The number of piperidine rings is 1. The Morgan fingerprint density at radius 1 is 1.47 bits per heavy atom. The van der Waals surface area contributed by atoms with Gasteiger partial charge in [0, 0.05) is 6.54 Å². The summed E-state index contributed by atoms with van der Waals surface area (Å²) >= 11 is 0. The zero-order valence-electron chi connectivity index (χ0n) is 7.64. The van der Waals surface area contributed by atoms with Crippen molar-refractivity contribution in [2.45, 2.75) is 18.0 Å². The number of nitrogens with one attached hydrogen (secondary N) is 1. The standard InChI is InChI=1S/C8H8F3N3O/c9-8(10,11)6-13-5(14-15-6)7-1-4(7)2-12-3-7/h4,12H,1-3H2. The van der Waals surface area contributed by atoms with Crippen molar-refractivity contribution in [2.24, 2.45) is 5.92 Å². The van der Waals surface area contributed by atoms with Crippen LogP contribution in [0.1, 0.15) is 18.1 Å². The Balaban J connectivity index is 1.92. The van der Waals surface area contributed by atoms with Crippen LogP contribution in [0.3, 0.4) is 0 Å². The molecule has 2 aliphatic rings. The van der Waals surface area contributed by atoms with Crippen molar-refractivity contribution in [1.29, 1.82) is 0 Å². The van der Waals surface area contributed by atoms with Gasteiger partial charge >= 0.3 is 12.1 Å². The van der Waals surface area contributed by atoms with E-state index in [1.54, 1.807) is 0 Å². The third-order valence-corrected chi connectivity index (χ3v) is 3.18. The third kappa shape index (κ3) is 1.19. The van der Waals surface area contributed by atoms with Gasteiger partial charge in [-0.25, -0.2) is 0 Å². The molecule has 15 heavy (non-hydrogen) atoms. The van der Waals surface area contributed by atoms with Crippen LogP contribution in [-0.2, 0) is 11.6 Å². The minimum absolute atomic E-state index is 0.199. The Labute approximate surface area is 82.8 Å². The molecule has 2 heterocycles. The van der Waals surface area contributed by atoms with Crippen LogP contribution in [0.15, 0.2) is 4.52 Å². The summed E-state index contributed by atoms with van der Waals surface area (Å²) in [4.78, 5) is 3.43. The van der Waals surface area contributed by atoms with Crippen molar-refractivity contribution in [2.75, 3.05) is 13.1 Å². The van der Waals surface area contributed by atoms with E-state index in [0.717, 1.165) is 13.0 Å². The summed E-state index contributed by atoms with van der Waals surface area (Å²) in [6.07, 6.45) is -3.69. The zero-order valence-corrected chi connectivity index (χ0v) is 7.64. The highest BCUT2D eigenvalue weighted by Gasteiger charge is 2.61. The molecule has 7 heteroatoms. The summed E-state index contributed by atoms with van der Waals surface area (Å²) in [6, 6.07) is 0. The summed E-state index contributed by atoms with van der Waals surface area (Å²) in [5, 5.41) is 6.54. The average molecular weight is 219 g/mol. The zero-order chi connectivity index (χ0) is 10.7. The van der Waals surface area contributed by atoms with Crippen molar-refractivity contribution < 1.29 is 17.7 Å². The van der Waals surface area contributed by atoms with Gasteiger partial charge in [0.25, 0.3) is 0 Å². The number of hydrogen-bond donors (Lipinski definition) is 1. The van der Waals surface area contributed by atoms with Crippen molar-refractivity contribution >= 4 is 0 Å². The van der Waals surface area contributed by atoms with Crippen molar-refractivity contribution in [3.05, 3.63) is 11.7 Å². The van der Waals surface area contributed by atoms with E-state index < -0.39 is 12.1 Å². The summed E-state index contributed by atoms with van der Waals surface area (Å²) in [5.41, 5.74) is -0.285. The van der Waals surface area contributed by atoms with Crippen molar-refractivity contribution in [1.82, 2.24) is 15.5 Å². The molecule has 3 rings (SSSR count). The second-order valence-electron chi connectivity index (χ2n) is 4.11. The SMILES string of the molecule is FC(F)(F)c1nc(C23CNCC2C3)no1. The minimum Gasteiger partial charge on any atom is -0.329 e. The van der Waals surface area contributed by atoms with Crippen LogP contribution in [0.5, 0.6) is 0 Å². The normalized spacial score (nSPS) is 34.2. The number of aromatic nitrogens is 2. The number of alkyl halides is 3. The van der Waals surface area contributed by atoms with Gasteiger partial charge in [0.2, 0.25) is 0 Å². The maximum Gasteiger partial charge on any atom is 0.471 e. The van der Waals surface area contributed by atoms with Crippen LogP contribution in [0.2, 0.25) is 0 Å². The first-order chi connectivity index (χ1) is 7.02. The van der Waals surface area contributed by atoms with Crippen molar-refractivity contribution in [3.63, 3.8) is 0 Å². The molecule has 0 amide bonds. The van der Waals surface area contributed by atoms with Gasteiger partial charge in [-0.15, -0.1) is 0 Å². The van der Waals surface area contributed by atoms with E-state index >= 15 is 0 Å². The monoisotopic (exact) mass is 219 g/mol. The first-order valence-electron chi connectivity index (χ1n) is 4.64. The van der Waals surface area contributed by atoms with Gasteiger partial charge in [-0.05, 0) is 18.9 Å². The molecule has 82 valence electrons. The molecule has 1 saturated heterocycles. The first-order valence-corrected chi connectivity index (χ1v) is 4.64. The quantitative estimate of drug-likeness (QED) is 0.764. The highest BCUT2D eigenvalue weighted by Crippen LogP contribution is 2.55. The molecule has 1 aliphatic carbocycles. The molecule has 1 aliphatic heterocycles. The highest BCUT2D eigenvalue weighted by molar-refractivity contribution is 5.26. The molecule has 0 aromatic carbocycles. The molecule has 2 fully saturated rings. The van der Waals surface area contributed by atoms with Crippen LogP contribution in [0.25, 0.3) is 0 Å². The molecule has 0 spiro atoms. The first kappa shape index (κ1) is 9.14. The van der Waals surface area contributed by atoms with Gasteiger partial charge in [0.15, 0.2) is 5.82 Å². The molecule has 1 aromatic rings. The Morgan fingerprint density at radius 3 is 2.73 bits per heavy atom. The number of rotatable bonds is 1. The molecular formula is C8H8F3N3O. The van der Waals surface area contributed by atoms with Crippen LogP contribution >= 0.6 is 0 Å². The van der Waals surface area contributed by atoms with E-state index in [9.17, 15) is 13.2 Å². The number of fused-ring (bicyclic) bond motifs is 1. The topological polar surface area (TPSA) is 51.0 Å². The van der Waals surface area contributed by atoms with Gasteiger partial charge in [0.1, 0.15) is 0 Å². The highest BCUT2D eigenvalue weighted by atomic mass is 19.4. The molecule has 1 N–H and O–H groups in total. The van der Waals surface area contributed by atoms with Gasteiger partial charge in [-0.3, -0.25) is 0 Å². The number of nitrogens with zero attached hydrogens (tertiary/aromatic N) is 2. The lowest BCUT2D eigenvalue weighted by Gasteiger charge is -2.03. The fraction of sp³-hybridized carbons (Fsp3) is 0.750. The van der Waals surface area contributed by atoms with Gasteiger partial charge in [-0.1, -0.05) is 5.16 Å². The largest absolute Gasteiger partial charge is 0.471 e. The summed E-state index contributed by atoms with van der Waals surface area (Å²) in [7, 11) is 0. The summed E-state index contributed by atoms with van der Waals surface area (Å²) in [6.45, 7) is 1.48. The lowest BCUT2D eigenvalue weighted by molar-refractivity contribution is -0.159. The lowest BCUT2D eigenvalue weighted by atomic mass is 10.1. The molecule has 4 nitrogen and oxygen atoms in total. The summed E-state index contributed by atoms with van der Waals surface area (Å²) in [5.74, 6) is -0.676. The second-order valence-corrected chi connectivity index (χ2v) is 4.11. The summed E-state index contributed by atoms with van der Waals surface area (Å²) < 4.78 is 40.9. The molecule has 2 unspecified atom stereocenters. The van der Waals surface area contributed by atoms with E-state index in [1.165, 1.54) is 0 Å². The van der Waals surface area contributed by atoms with Crippen LogP contribution in [0, 0.1) is 5.92 Å². The Hall–Kier alpha value is -1.11. The Morgan fingerprint density at radius 2 is 2.27 bits per heavy atom. The molecule has 0 bridgehead atoms. The molecule has 1 aromatic heterocycles. The minimum atomic E-state index is -4.54. The number of hydrogen-bond acceptors (Lipinski definition) is 4. The molecule has 1 saturated carbocycles. The maximum atomic E-state index is 12.2.